The second-order valence-electron chi connectivity index (χ2n) is 4.72. The molecule has 1 aliphatic rings. The van der Waals surface area contributed by atoms with Gasteiger partial charge in [0.25, 0.3) is 0 Å². The van der Waals surface area contributed by atoms with Crippen LogP contribution in [0.5, 0.6) is 0 Å². The Morgan fingerprint density at radius 3 is 2.53 bits per heavy atom. The first-order valence-corrected chi connectivity index (χ1v) is 4.89. The van der Waals surface area contributed by atoms with Crippen molar-refractivity contribution in [1.82, 2.24) is 4.90 Å². The summed E-state index contributed by atoms with van der Waals surface area (Å²) < 4.78 is 5.13. The summed E-state index contributed by atoms with van der Waals surface area (Å²) in [5, 5.41) is 17.6. The van der Waals surface area contributed by atoms with Crippen LogP contribution in [0.25, 0.3) is 0 Å². The van der Waals surface area contributed by atoms with E-state index < -0.39 is 11.7 Å². The third-order valence-electron chi connectivity index (χ3n) is 2.14. The van der Waals surface area contributed by atoms with Crippen molar-refractivity contribution in [2.45, 2.75) is 32.5 Å². The number of aliphatic hydroxyl groups is 1. The molecule has 1 heterocycles. The normalized spacial score (nSPS) is 19.0. The van der Waals surface area contributed by atoms with Crippen molar-refractivity contribution in [2.24, 2.45) is 5.92 Å². The van der Waals surface area contributed by atoms with Crippen LogP contribution >= 0.6 is 0 Å². The molecule has 0 spiro atoms. The molecule has 0 aromatic heterocycles. The van der Waals surface area contributed by atoms with Gasteiger partial charge >= 0.3 is 6.09 Å². The van der Waals surface area contributed by atoms with Gasteiger partial charge in [0.15, 0.2) is 0 Å². The summed E-state index contributed by atoms with van der Waals surface area (Å²) >= 11 is 0. The number of hydrogen-bond donors (Lipinski definition) is 1. The van der Waals surface area contributed by atoms with E-state index in [4.69, 9.17) is 15.1 Å². The van der Waals surface area contributed by atoms with Gasteiger partial charge in [0, 0.05) is 19.0 Å². The van der Waals surface area contributed by atoms with Crippen LogP contribution in [-0.4, -0.2) is 40.9 Å². The monoisotopic (exact) mass is 212 g/mol. The van der Waals surface area contributed by atoms with E-state index in [-0.39, 0.29) is 12.0 Å². The molecule has 0 saturated carbocycles. The second kappa shape index (κ2) is 4.07. The summed E-state index contributed by atoms with van der Waals surface area (Å²) in [5.41, 5.74) is -0.504. The first-order valence-electron chi connectivity index (χ1n) is 4.89. The Kier molecular flexibility index (Phi) is 3.20. The van der Waals surface area contributed by atoms with E-state index in [1.807, 2.05) is 0 Å². The third-order valence-corrected chi connectivity index (χ3v) is 2.14. The van der Waals surface area contributed by atoms with E-state index >= 15 is 0 Å². The zero-order chi connectivity index (χ0) is 11.6. The number of nitriles is 1. The van der Waals surface area contributed by atoms with Gasteiger partial charge in [-0.2, -0.15) is 5.26 Å². The van der Waals surface area contributed by atoms with Gasteiger partial charge < -0.3 is 14.7 Å². The Morgan fingerprint density at radius 1 is 1.60 bits per heavy atom. The SMILES string of the molecule is CC(C)(C)OC(=O)N1CC(C(O)C#N)C1. The van der Waals surface area contributed by atoms with Gasteiger partial charge in [-0.05, 0) is 20.8 Å². The van der Waals surface area contributed by atoms with Crippen LogP contribution in [0.4, 0.5) is 4.79 Å². The van der Waals surface area contributed by atoms with Crippen molar-refractivity contribution in [1.29, 1.82) is 5.26 Å². The Balaban J connectivity index is 2.34. The lowest BCUT2D eigenvalue weighted by Crippen LogP contribution is -2.55. The number of rotatable bonds is 1. The maximum atomic E-state index is 11.4. The molecule has 1 N–H and O–H groups in total. The lowest BCUT2D eigenvalue weighted by atomic mass is 9.95. The second-order valence-corrected chi connectivity index (χ2v) is 4.72. The van der Waals surface area contributed by atoms with Crippen molar-refractivity contribution in [3.8, 4) is 6.07 Å². The number of amides is 1. The van der Waals surface area contributed by atoms with Crippen LogP contribution in [0.2, 0.25) is 0 Å². The Labute approximate surface area is 89.2 Å². The molecule has 0 aromatic rings. The molecular weight excluding hydrogens is 196 g/mol. The zero-order valence-electron chi connectivity index (χ0n) is 9.23. The van der Waals surface area contributed by atoms with Crippen molar-refractivity contribution in [3.63, 3.8) is 0 Å². The molecule has 0 bridgehead atoms. The molecule has 1 rings (SSSR count). The van der Waals surface area contributed by atoms with E-state index in [2.05, 4.69) is 0 Å². The number of likely N-dealkylation sites (tertiary alicyclic amines) is 1. The predicted octanol–water partition coefficient (Wildman–Crippen LogP) is 0.738. The summed E-state index contributed by atoms with van der Waals surface area (Å²) in [6.45, 7) is 6.18. The number of ether oxygens (including phenoxy) is 1. The highest BCUT2D eigenvalue weighted by molar-refractivity contribution is 5.69. The third kappa shape index (κ3) is 3.10. The molecule has 1 aliphatic heterocycles. The van der Waals surface area contributed by atoms with Gasteiger partial charge in [-0.25, -0.2) is 4.79 Å². The maximum Gasteiger partial charge on any atom is 0.410 e. The highest BCUT2D eigenvalue weighted by Crippen LogP contribution is 2.21. The largest absolute Gasteiger partial charge is 0.444 e. The molecule has 84 valence electrons. The van der Waals surface area contributed by atoms with Crippen LogP contribution in [0.3, 0.4) is 0 Å². The fraction of sp³-hybridized carbons (Fsp3) is 0.800. The Hall–Kier alpha value is -1.28. The van der Waals surface area contributed by atoms with Crippen LogP contribution in [0, 0.1) is 17.2 Å². The molecule has 0 aromatic carbocycles. The van der Waals surface area contributed by atoms with Gasteiger partial charge in [0.1, 0.15) is 11.7 Å². The standard InChI is InChI=1S/C10H16N2O3/c1-10(2,3)15-9(14)12-5-7(6-12)8(13)4-11/h7-8,13H,5-6H2,1-3H3. The van der Waals surface area contributed by atoms with Crippen molar-refractivity contribution < 1.29 is 14.6 Å². The molecule has 1 amide bonds. The van der Waals surface area contributed by atoms with E-state index in [0.717, 1.165) is 0 Å². The lowest BCUT2D eigenvalue weighted by molar-refractivity contribution is -0.0194. The highest BCUT2D eigenvalue weighted by Gasteiger charge is 2.37. The molecule has 5 heteroatoms. The van der Waals surface area contributed by atoms with Crippen molar-refractivity contribution >= 4 is 6.09 Å². The molecule has 1 atom stereocenters. The fourth-order valence-corrected chi connectivity index (χ4v) is 1.29. The minimum absolute atomic E-state index is 0.137. The molecule has 1 unspecified atom stereocenters. The smallest absolute Gasteiger partial charge is 0.410 e. The first kappa shape index (κ1) is 11.8. The number of carbonyl (C=O) groups is 1. The molecule has 15 heavy (non-hydrogen) atoms. The molecular formula is C10H16N2O3. The minimum atomic E-state index is -0.983. The van der Waals surface area contributed by atoms with Gasteiger partial charge in [0.2, 0.25) is 0 Å². The Bertz CT molecular complexity index is 284. The van der Waals surface area contributed by atoms with Crippen LogP contribution in [-0.2, 0) is 4.74 Å². The summed E-state index contributed by atoms with van der Waals surface area (Å²) in [6, 6.07) is 1.75. The summed E-state index contributed by atoms with van der Waals surface area (Å²) in [4.78, 5) is 12.9. The van der Waals surface area contributed by atoms with Gasteiger partial charge in [-0.1, -0.05) is 0 Å². The van der Waals surface area contributed by atoms with Crippen molar-refractivity contribution in [3.05, 3.63) is 0 Å². The molecule has 5 nitrogen and oxygen atoms in total. The number of aliphatic hydroxyl groups excluding tert-OH is 1. The quantitative estimate of drug-likeness (QED) is 0.650. The van der Waals surface area contributed by atoms with E-state index in [9.17, 15) is 4.79 Å². The van der Waals surface area contributed by atoms with Crippen LogP contribution < -0.4 is 0 Å². The summed E-state index contributed by atoms with van der Waals surface area (Å²) in [6.07, 6.45) is -1.37. The molecule has 1 fully saturated rings. The molecule has 0 aliphatic carbocycles. The highest BCUT2D eigenvalue weighted by atomic mass is 16.6. The van der Waals surface area contributed by atoms with Crippen LogP contribution in [0.1, 0.15) is 20.8 Å². The summed E-state index contributed by atoms with van der Waals surface area (Å²) in [5.74, 6) is -0.137. The van der Waals surface area contributed by atoms with Gasteiger partial charge in [-0.3, -0.25) is 0 Å². The zero-order valence-corrected chi connectivity index (χ0v) is 9.23. The first-order chi connectivity index (χ1) is 6.83. The van der Waals surface area contributed by atoms with Gasteiger partial charge in [0.05, 0.1) is 6.07 Å². The number of nitrogens with zero attached hydrogens (tertiary/aromatic N) is 2. The van der Waals surface area contributed by atoms with Crippen molar-refractivity contribution in [2.75, 3.05) is 13.1 Å². The fourth-order valence-electron chi connectivity index (χ4n) is 1.29. The van der Waals surface area contributed by atoms with Crippen LogP contribution in [0.15, 0.2) is 0 Å². The topological polar surface area (TPSA) is 73.6 Å². The molecule has 0 radical (unpaired) electrons. The summed E-state index contributed by atoms with van der Waals surface area (Å²) in [7, 11) is 0. The maximum absolute atomic E-state index is 11.4. The lowest BCUT2D eigenvalue weighted by Gasteiger charge is -2.40. The predicted molar refractivity (Wildman–Crippen MR) is 52.9 cm³/mol. The number of hydrogen-bond acceptors (Lipinski definition) is 4. The van der Waals surface area contributed by atoms with E-state index in [0.29, 0.717) is 13.1 Å². The van der Waals surface area contributed by atoms with E-state index in [1.165, 1.54) is 4.90 Å². The molecule has 1 saturated heterocycles. The van der Waals surface area contributed by atoms with Gasteiger partial charge in [-0.15, -0.1) is 0 Å². The minimum Gasteiger partial charge on any atom is -0.444 e. The average Bonchev–Trinajstić information content (AvgIpc) is 1.97. The average molecular weight is 212 g/mol. The number of carbonyl (C=O) groups excluding carboxylic acids is 1. The van der Waals surface area contributed by atoms with E-state index in [1.54, 1.807) is 26.8 Å². The Morgan fingerprint density at radius 2 is 2.13 bits per heavy atom.